The molecule has 0 radical (unpaired) electrons. The van der Waals surface area contributed by atoms with Gasteiger partial charge >= 0.3 is 0 Å². The molecule has 2 N–H and O–H groups in total. The van der Waals surface area contributed by atoms with Crippen LogP contribution in [0.5, 0.6) is 0 Å². The third kappa shape index (κ3) is 3.29. The van der Waals surface area contributed by atoms with Crippen molar-refractivity contribution in [2.75, 3.05) is 36.9 Å². The molecule has 2 heterocycles. The van der Waals surface area contributed by atoms with Crippen molar-refractivity contribution in [3.63, 3.8) is 0 Å². The number of anilines is 2. The molecule has 18 heavy (non-hydrogen) atoms. The first-order valence-electron chi connectivity index (χ1n) is 6.54. The standard InChI is InChI=1S/C12H22N6/c1-9(2)6-14-11-15-8-16-12(17-11)18-5-4-10(7-18)13-3/h8-10,13H,4-7H2,1-3H3,(H,14,15,16,17)/t10-/m1/s1. The maximum Gasteiger partial charge on any atom is 0.230 e. The van der Waals surface area contributed by atoms with Crippen LogP contribution in [0, 0.1) is 5.92 Å². The Kier molecular flexibility index (Phi) is 4.30. The normalized spacial score (nSPS) is 19.6. The summed E-state index contributed by atoms with van der Waals surface area (Å²) in [6.45, 7) is 7.16. The van der Waals surface area contributed by atoms with Crippen LogP contribution in [0.15, 0.2) is 6.33 Å². The number of likely N-dealkylation sites (N-methyl/N-ethyl adjacent to an activating group) is 1. The Morgan fingerprint density at radius 3 is 2.94 bits per heavy atom. The zero-order valence-corrected chi connectivity index (χ0v) is 11.3. The van der Waals surface area contributed by atoms with Gasteiger partial charge in [0.2, 0.25) is 11.9 Å². The zero-order valence-electron chi connectivity index (χ0n) is 11.3. The van der Waals surface area contributed by atoms with Crippen LogP contribution >= 0.6 is 0 Å². The fourth-order valence-corrected chi connectivity index (χ4v) is 2.00. The summed E-state index contributed by atoms with van der Waals surface area (Å²) in [5.74, 6) is 2.02. The summed E-state index contributed by atoms with van der Waals surface area (Å²) in [5.41, 5.74) is 0. The van der Waals surface area contributed by atoms with Gasteiger partial charge in [0.1, 0.15) is 6.33 Å². The highest BCUT2D eigenvalue weighted by atomic mass is 15.3. The molecule has 1 aromatic rings. The highest BCUT2D eigenvalue weighted by Crippen LogP contribution is 2.16. The fraction of sp³-hybridized carbons (Fsp3) is 0.750. The first kappa shape index (κ1) is 13.0. The molecule has 0 spiro atoms. The second-order valence-corrected chi connectivity index (χ2v) is 5.10. The number of aromatic nitrogens is 3. The zero-order chi connectivity index (χ0) is 13.0. The molecule has 1 aliphatic rings. The topological polar surface area (TPSA) is 66.0 Å². The SMILES string of the molecule is CN[C@@H]1CCN(c2ncnc(NCC(C)C)n2)C1. The fourth-order valence-electron chi connectivity index (χ4n) is 2.00. The van der Waals surface area contributed by atoms with E-state index in [2.05, 4.69) is 44.3 Å². The van der Waals surface area contributed by atoms with Crippen molar-refractivity contribution < 1.29 is 0 Å². The molecule has 6 heteroatoms. The number of hydrogen-bond donors (Lipinski definition) is 2. The Balaban J connectivity index is 1.99. The van der Waals surface area contributed by atoms with Crippen LogP contribution in [0.25, 0.3) is 0 Å². The average Bonchev–Trinajstić information content (AvgIpc) is 2.85. The number of hydrogen-bond acceptors (Lipinski definition) is 6. The van der Waals surface area contributed by atoms with Gasteiger partial charge in [-0.2, -0.15) is 4.98 Å². The molecule has 100 valence electrons. The Labute approximate surface area is 108 Å². The molecule has 6 nitrogen and oxygen atoms in total. The minimum absolute atomic E-state index is 0.536. The molecule has 0 aliphatic carbocycles. The lowest BCUT2D eigenvalue weighted by Crippen LogP contribution is -2.30. The molecule has 0 amide bonds. The van der Waals surface area contributed by atoms with Gasteiger partial charge in [0.25, 0.3) is 0 Å². The van der Waals surface area contributed by atoms with Crippen molar-refractivity contribution in [3.8, 4) is 0 Å². The van der Waals surface area contributed by atoms with E-state index in [0.29, 0.717) is 17.9 Å². The van der Waals surface area contributed by atoms with Crippen molar-refractivity contribution in [1.29, 1.82) is 0 Å². The molecule has 0 saturated carbocycles. The highest BCUT2D eigenvalue weighted by molar-refractivity contribution is 5.37. The molecule has 0 bridgehead atoms. The Hall–Kier alpha value is -1.43. The van der Waals surface area contributed by atoms with Gasteiger partial charge in [-0.05, 0) is 19.4 Å². The lowest BCUT2D eigenvalue weighted by molar-refractivity contribution is 0.616. The summed E-state index contributed by atoms with van der Waals surface area (Å²) < 4.78 is 0. The van der Waals surface area contributed by atoms with Gasteiger partial charge in [-0.3, -0.25) is 0 Å². The number of rotatable bonds is 5. The van der Waals surface area contributed by atoms with E-state index in [9.17, 15) is 0 Å². The third-order valence-electron chi connectivity index (χ3n) is 3.11. The van der Waals surface area contributed by atoms with Crippen molar-refractivity contribution in [2.24, 2.45) is 5.92 Å². The smallest absolute Gasteiger partial charge is 0.230 e. The van der Waals surface area contributed by atoms with Gasteiger partial charge in [0.05, 0.1) is 0 Å². The molecular weight excluding hydrogens is 228 g/mol. The molecule has 1 fully saturated rings. The quantitative estimate of drug-likeness (QED) is 0.803. The van der Waals surface area contributed by atoms with E-state index in [1.807, 2.05) is 7.05 Å². The van der Waals surface area contributed by atoms with Gasteiger partial charge < -0.3 is 15.5 Å². The van der Waals surface area contributed by atoms with Gasteiger partial charge in [-0.15, -0.1) is 0 Å². The average molecular weight is 250 g/mol. The third-order valence-corrected chi connectivity index (χ3v) is 3.11. The summed E-state index contributed by atoms with van der Waals surface area (Å²) in [6, 6.07) is 0.536. The molecule has 1 aliphatic heterocycles. The van der Waals surface area contributed by atoms with Gasteiger partial charge in [-0.25, -0.2) is 9.97 Å². The highest BCUT2D eigenvalue weighted by Gasteiger charge is 2.23. The first-order valence-corrected chi connectivity index (χ1v) is 6.54. The molecule has 1 saturated heterocycles. The first-order chi connectivity index (χ1) is 8.69. The summed E-state index contributed by atoms with van der Waals surface area (Å²) in [5, 5.41) is 6.52. The number of nitrogens with one attached hydrogen (secondary N) is 2. The maximum atomic E-state index is 4.46. The lowest BCUT2D eigenvalue weighted by Gasteiger charge is -2.16. The monoisotopic (exact) mass is 250 g/mol. The second kappa shape index (κ2) is 5.95. The van der Waals surface area contributed by atoms with E-state index in [1.165, 1.54) is 0 Å². The Morgan fingerprint density at radius 2 is 2.28 bits per heavy atom. The van der Waals surface area contributed by atoms with Crippen molar-refractivity contribution in [1.82, 2.24) is 20.3 Å². The van der Waals surface area contributed by atoms with Crippen LogP contribution in [-0.4, -0.2) is 47.7 Å². The van der Waals surface area contributed by atoms with Crippen LogP contribution in [0.2, 0.25) is 0 Å². The molecule has 0 aromatic carbocycles. The summed E-state index contributed by atoms with van der Waals surface area (Å²) >= 11 is 0. The van der Waals surface area contributed by atoms with Crippen LogP contribution in [0.3, 0.4) is 0 Å². The van der Waals surface area contributed by atoms with Crippen LogP contribution in [-0.2, 0) is 0 Å². The predicted octanol–water partition coefficient (Wildman–Crippen LogP) is 0.738. The molecule has 2 rings (SSSR count). The Bertz CT molecular complexity index is 381. The maximum absolute atomic E-state index is 4.46. The van der Waals surface area contributed by atoms with E-state index in [-0.39, 0.29) is 0 Å². The molecule has 0 unspecified atom stereocenters. The molecular formula is C12H22N6. The molecule has 1 atom stereocenters. The van der Waals surface area contributed by atoms with Crippen molar-refractivity contribution in [2.45, 2.75) is 26.3 Å². The van der Waals surface area contributed by atoms with Crippen LogP contribution < -0.4 is 15.5 Å². The van der Waals surface area contributed by atoms with Gasteiger partial charge in [0, 0.05) is 25.7 Å². The summed E-state index contributed by atoms with van der Waals surface area (Å²) in [7, 11) is 2.00. The van der Waals surface area contributed by atoms with Crippen LogP contribution in [0.1, 0.15) is 20.3 Å². The lowest BCUT2D eigenvalue weighted by atomic mass is 10.2. The van der Waals surface area contributed by atoms with Crippen molar-refractivity contribution in [3.05, 3.63) is 6.33 Å². The summed E-state index contributed by atoms with van der Waals surface area (Å²) in [4.78, 5) is 15.1. The van der Waals surface area contributed by atoms with Gasteiger partial charge in [0.15, 0.2) is 0 Å². The number of nitrogens with zero attached hydrogens (tertiary/aromatic N) is 4. The summed E-state index contributed by atoms with van der Waals surface area (Å²) in [6.07, 6.45) is 2.72. The minimum Gasteiger partial charge on any atom is -0.354 e. The Morgan fingerprint density at radius 1 is 1.44 bits per heavy atom. The van der Waals surface area contributed by atoms with E-state index in [4.69, 9.17) is 0 Å². The van der Waals surface area contributed by atoms with Crippen molar-refractivity contribution >= 4 is 11.9 Å². The largest absolute Gasteiger partial charge is 0.354 e. The van der Waals surface area contributed by atoms with E-state index in [0.717, 1.165) is 32.0 Å². The van der Waals surface area contributed by atoms with E-state index in [1.54, 1.807) is 6.33 Å². The van der Waals surface area contributed by atoms with Gasteiger partial charge in [-0.1, -0.05) is 13.8 Å². The molecule has 1 aromatic heterocycles. The predicted molar refractivity (Wildman–Crippen MR) is 72.8 cm³/mol. The second-order valence-electron chi connectivity index (χ2n) is 5.10. The van der Waals surface area contributed by atoms with Crippen LogP contribution in [0.4, 0.5) is 11.9 Å². The minimum atomic E-state index is 0.536. The van der Waals surface area contributed by atoms with E-state index >= 15 is 0 Å². The van der Waals surface area contributed by atoms with E-state index < -0.39 is 0 Å².